The minimum atomic E-state index is 0.0650. The second-order valence-electron chi connectivity index (χ2n) is 8.40. The highest BCUT2D eigenvalue weighted by molar-refractivity contribution is 7.99. The minimum Gasteiger partial charge on any atom is -0.378 e. The third-order valence-electron chi connectivity index (χ3n) is 5.87. The van der Waals surface area contributed by atoms with Crippen molar-refractivity contribution < 1.29 is 4.74 Å². The Morgan fingerprint density at radius 3 is 2.61 bits per heavy atom. The third kappa shape index (κ3) is 4.51. The van der Waals surface area contributed by atoms with Gasteiger partial charge in [0.1, 0.15) is 15.7 Å². The van der Waals surface area contributed by atoms with Gasteiger partial charge in [-0.05, 0) is 61.4 Å². The van der Waals surface area contributed by atoms with Gasteiger partial charge in [0.2, 0.25) is 0 Å². The predicted octanol–water partition coefficient (Wildman–Crippen LogP) is 5.72. The van der Waals surface area contributed by atoms with Crippen LogP contribution in [0.5, 0.6) is 0 Å². The van der Waals surface area contributed by atoms with Crippen LogP contribution in [-0.4, -0.2) is 34.9 Å². The number of pyridine rings is 1. The number of ether oxygens (including phenoxy) is 1. The van der Waals surface area contributed by atoms with E-state index >= 15 is 0 Å². The van der Waals surface area contributed by atoms with Crippen LogP contribution in [0.2, 0.25) is 0 Å². The molecule has 1 aliphatic heterocycles. The molecular formula is C26H26N4OS2. The van der Waals surface area contributed by atoms with Gasteiger partial charge in [0.05, 0.1) is 19.3 Å². The topological polar surface area (TPSA) is 59.9 Å². The maximum Gasteiger partial charge on any atom is 0.133 e. The second-order valence-corrected chi connectivity index (χ2v) is 9.86. The maximum absolute atomic E-state index is 5.77. The van der Waals surface area contributed by atoms with Crippen LogP contribution in [0.25, 0.3) is 22.0 Å². The molecule has 1 fully saturated rings. The second kappa shape index (κ2) is 9.43. The molecule has 7 heteroatoms. The number of nitrogens with zero attached hydrogens (tertiary/aromatic N) is 3. The SMILES string of the molecule is Cc1cc(C)nc(Sc2nnc(-c3ccc(C)c(S)c3C3COCCN3)c3ccccc23)c1. The molecule has 33 heavy (non-hydrogen) atoms. The zero-order valence-electron chi connectivity index (χ0n) is 18.9. The molecule has 1 unspecified atom stereocenters. The van der Waals surface area contributed by atoms with E-state index in [9.17, 15) is 0 Å². The molecular weight excluding hydrogens is 448 g/mol. The number of aromatic nitrogens is 3. The van der Waals surface area contributed by atoms with Gasteiger partial charge in [-0.15, -0.1) is 22.8 Å². The summed E-state index contributed by atoms with van der Waals surface area (Å²) in [5.74, 6) is 0. The quantitative estimate of drug-likeness (QED) is 0.369. The Kier molecular flexibility index (Phi) is 6.38. The van der Waals surface area contributed by atoms with E-state index in [1.807, 2.05) is 13.0 Å². The lowest BCUT2D eigenvalue weighted by atomic mass is 9.93. The predicted molar refractivity (Wildman–Crippen MR) is 136 cm³/mol. The zero-order chi connectivity index (χ0) is 22.9. The molecule has 0 bridgehead atoms. The summed E-state index contributed by atoms with van der Waals surface area (Å²) < 4.78 is 5.77. The summed E-state index contributed by atoms with van der Waals surface area (Å²) in [5, 5.41) is 16.9. The van der Waals surface area contributed by atoms with Gasteiger partial charge < -0.3 is 10.1 Å². The van der Waals surface area contributed by atoms with Crippen LogP contribution in [0.3, 0.4) is 0 Å². The highest BCUT2D eigenvalue weighted by atomic mass is 32.2. The molecule has 0 saturated carbocycles. The van der Waals surface area contributed by atoms with E-state index in [1.54, 1.807) is 11.8 Å². The van der Waals surface area contributed by atoms with Crippen LogP contribution in [0.4, 0.5) is 0 Å². The first-order valence-electron chi connectivity index (χ1n) is 11.0. The fraction of sp³-hybridized carbons (Fsp3) is 0.269. The lowest BCUT2D eigenvalue weighted by molar-refractivity contribution is 0.0763. The molecule has 1 saturated heterocycles. The van der Waals surface area contributed by atoms with Gasteiger partial charge in [0.25, 0.3) is 0 Å². The molecule has 0 spiro atoms. The van der Waals surface area contributed by atoms with Gasteiger partial charge in [-0.2, -0.15) is 0 Å². The Morgan fingerprint density at radius 1 is 1.03 bits per heavy atom. The van der Waals surface area contributed by atoms with Crippen LogP contribution in [-0.2, 0) is 4.74 Å². The van der Waals surface area contributed by atoms with Crippen LogP contribution in [0.15, 0.2) is 63.5 Å². The van der Waals surface area contributed by atoms with Crippen molar-refractivity contribution in [3.8, 4) is 11.3 Å². The van der Waals surface area contributed by atoms with Crippen LogP contribution in [0.1, 0.15) is 28.4 Å². The molecule has 5 rings (SSSR count). The van der Waals surface area contributed by atoms with E-state index in [4.69, 9.17) is 22.5 Å². The van der Waals surface area contributed by atoms with Crippen molar-refractivity contribution in [1.29, 1.82) is 0 Å². The van der Waals surface area contributed by atoms with Gasteiger partial charge in [0, 0.05) is 33.5 Å². The summed E-state index contributed by atoms with van der Waals surface area (Å²) in [6.45, 7) is 8.34. The van der Waals surface area contributed by atoms with Gasteiger partial charge in [-0.3, -0.25) is 0 Å². The third-order valence-corrected chi connectivity index (χ3v) is 7.38. The Balaban J connectivity index is 1.65. The van der Waals surface area contributed by atoms with Crippen molar-refractivity contribution in [2.24, 2.45) is 0 Å². The number of fused-ring (bicyclic) bond motifs is 1. The van der Waals surface area contributed by atoms with Crippen molar-refractivity contribution in [1.82, 2.24) is 20.5 Å². The molecule has 2 aromatic carbocycles. The Hall–Kier alpha value is -2.45. The van der Waals surface area contributed by atoms with Gasteiger partial charge >= 0.3 is 0 Å². The fourth-order valence-corrected chi connectivity index (χ4v) is 5.69. The largest absolute Gasteiger partial charge is 0.378 e. The van der Waals surface area contributed by atoms with Crippen molar-refractivity contribution in [3.05, 3.63) is 70.9 Å². The lowest BCUT2D eigenvalue weighted by Crippen LogP contribution is -2.35. The number of benzene rings is 2. The normalized spacial score (nSPS) is 16.3. The lowest BCUT2D eigenvalue weighted by Gasteiger charge is -2.28. The summed E-state index contributed by atoms with van der Waals surface area (Å²) in [6, 6.07) is 16.8. The number of aryl methyl sites for hydroxylation is 3. The van der Waals surface area contributed by atoms with Gasteiger partial charge in [0.15, 0.2) is 0 Å². The summed E-state index contributed by atoms with van der Waals surface area (Å²) in [4.78, 5) is 5.65. The highest BCUT2D eigenvalue weighted by Gasteiger charge is 2.24. The van der Waals surface area contributed by atoms with E-state index in [0.29, 0.717) is 6.61 Å². The Morgan fingerprint density at radius 2 is 1.85 bits per heavy atom. The molecule has 1 aliphatic rings. The zero-order valence-corrected chi connectivity index (χ0v) is 20.6. The van der Waals surface area contributed by atoms with Gasteiger partial charge in [-0.1, -0.05) is 36.4 Å². The molecule has 0 amide bonds. The van der Waals surface area contributed by atoms with Crippen molar-refractivity contribution in [3.63, 3.8) is 0 Å². The number of nitrogens with one attached hydrogen (secondary N) is 1. The number of morpholine rings is 1. The monoisotopic (exact) mass is 474 g/mol. The summed E-state index contributed by atoms with van der Waals surface area (Å²) in [6.07, 6.45) is 0. The van der Waals surface area contributed by atoms with E-state index in [1.165, 1.54) is 5.56 Å². The van der Waals surface area contributed by atoms with Crippen LogP contribution in [0, 0.1) is 20.8 Å². The van der Waals surface area contributed by atoms with E-state index in [-0.39, 0.29) is 6.04 Å². The van der Waals surface area contributed by atoms with Crippen LogP contribution >= 0.6 is 24.4 Å². The summed E-state index contributed by atoms with van der Waals surface area (Å²) in [5.41, 5.74) is 6.34. The number of hydrogen-bond acceptors (Lipinski definition) is 7. The van der Waals surface area contributed by atoms with E-state index in [2.05, 4.69) is 71.7 Å². The molecule has 3 heterocycles. The smallest absolute Gasteiger partial charge is 0.133 e. The highest BCUT2D eigenvalue weighted by Crippen LogP contribution is 2.40. The maximum atomic E-state index is 5.77. The van der Waals surface area contributed by atoms with Crippen LogP contribution < -0.4 is 5.32 Å². The average molecular weight is 475 g/mol. The van der Waals surface area contributed by atoms with E-state index < -0.39 is 0 Å². The average Bonchev–Trinajstić information content (AvgIpc) is 2.81. The molecule has 2 aromatic heterocycles. The van der Waals surface area contributed by atoms with Crippen molar-refractivity contribution in [2.45, 2.75) is 41.8 Å². The van der Waals surface area contributed by atoms with Gasteiger partial charge in [-0.25, -0.2) is 4.98 Å². The molecule has 0 aliphatic carbocycles. The molecule has 4 aromatic rings. The van der Waals surface area contributed by atoms with Crippen molar-refractivity contribution >= 4 is 35.2 Å². The minimum absolute atomic E-state index is 0.0650. The molecule has 168 valence electrons. The molecule has 0 radical (unpaired) electrons. The van der Waals surface area contributed by atoms with Crippen molar-refractivity contribution in [2.75, 3.05) is 19.8 Å². The molecule has 1 atom stereocenters. The Labute approximate surface area is 203 Å². The first-order chi connectivity index (χ1) is 16.0. The number of thiol groups is 1. The molecule has 5 nitrogen and oxygen atoms in total. The fourth-order valence-electron chi connectivity index (χ4n) is 4.34. The number of rotatable bonds is 4. The summed E-state index contributed by atoms with van der Waals surface area (Å²) >= 11 is 6.44. The standard InChI is InChI=1S/C26H26N4OS2/c1-15-12-17(3)28-22(13-15)33-26-19-7-5-4-6-18(19)24(29-30-26)20-9-8-16(2)25(32)23(20)21-14-31-11-10-27-21/h4-9,12-13,21,27,32H,10-11,14H2,1-3H3. The Bertz CT molecular complexity index is 1320. The first-order valence-corrected chi connectivity index (χ1v) is 12.3. The summed E-state index contributed by atoms with van der Waals surface area (Å²) in [7, 11) is 0. The molecule has 1 N–H and O–H groups in total. The number of hydrogen-bond donors (Lipinski definition) is 2. The van der Waals surface area contributed by atoms with E-state index in [0.717, 1.165) is 66.9 Å². The first kappa shape index (κ1) is 22.3.